The summed E-state index contributed by atoms with van der Waals surface area (Å²) in [5, 5.41) is 8.74. The second-order valence-corrected chi connectivity index (χ2v) is 5.34. The number of nitrogens with zero attached hydrogens (tertiary/aromatic N) is 1. The molecule has 1 heteroatoms. The average Bonchev–Trinajstić information content (AvgIpc) is 2.61. The summed E-state index contributed by atoms with van der Waals surface area (Å²) in [6.45, 7) is 2.22. The largest absolute Gasteiger partial charge is 0.192 e. The van der Waals surface area contributed by atoms with Crippen LogP contribution in [-0.4, -0.2) is 0 Å². The molecule has 0 atom stereocenters. The molecule has 2 aromatic rings. The maximum atomic E-state index is 8.74. The minimum Gasteiger partial charge on any atom is -0.192 e. The average molecular weight is 297 g/mol. The van der Waals surface area contributed by atoms with E-state index in [1.54, 1.807) is 12.1 Å². The van der Waals surface area contributed by atoms with Crippen LogP contribution in [0.3, 0.4) is 0 Å². The zero-order valence-electron chi connectivity index (χ0n) is 13.4. The Morgan fingerprint density at radius 3 is 1.78 bits per heavy atom. The molecule has 0 heterocycles. The Balaban J connectivity index is 1.94. The third-order valence-electron chi connectivity index (χ3n) is 3.51. The van der Waals surface area contributed by atoms with Crippen LogP contribution in [0, 0.1) is 35.0 Å². The molecule has 1 nitrogen and oxygen atoms in total. The lowest BCUT2D eigenvalue weighted by Crippen LogP contribution is -1.85. The Morgan fingerprint density at radius 1 is 0.739 bits per heavy atom. The third-order valence-corrected chi connectivity index (χ3v) is 3.51. The fourth-order valence-corrected chi connectivity index (χ4v) is 2.17. The molecule has 0 spiro atoms. The van der Waals surface area contributed by atoms with Gasteiger partial charge in [0.25, 0.3) is 0 Å². The number of unbranched alkanes of at least 4 members (excludes halogenated alkanes) is 2. The molecule has 2 aromatic carbocycles. The van der Waals surface area contributed by atoms with E-state index < -0.39 is 0 Å². The van der Waals surface area contributed by atoms with Crippen LogP contribution in [0.2, 0.25) is 0 Å². The molecule has 0 saturated heterocycles. The standard InChI is InChI=1S/C22H19N/c1-2-3-4-7-19-10-12-20(13-11-19)8-5-6-9-21-14-16-22(18-23)17-15-21/h10-17H,2-4,7H2,1H3. The maximum Gasteiger partial charge on any atom is 0.0991 e. The van der Waals surface area contributed by atoms with Crippen LogP contribution in [0.5, 0.6) is 0 Å². The molecule has 23 heavy (non-hydrogen) atoms. The number of hydrogen-bond donors (Lipinski definition) is 0. The minimum atomic E-state index is 0.640. The first kappa shape index (κ1) is 16.4. The van der Waals surface area contributed by atoms with Crippen molar-refractivity contribution in [2.24, 2.45) is 0 Å². The van der Waals surface area contributed by atoms with Gasteiger partial charge in [-0.1, -0.05) is 43.7 Å². The summed E-state index contributed by atoms with van der Waals surface area (Å²) >= 11 is 0. The van der Waals surface area contributed by atoms with Gasteiger partial charge >= 0.3 is 0 Å². The first-order valence-electron chi connectivity index (χ1n) is 7.93. The lowest BCUT2D eigenvalue weighted by atomic mass is 10.1. The molecule has 0 unspecified atom stereocenters. The Hall–Kier alpha value is -2.95. The van der Waals surface area contributed by atoms with Crippen molar-refractivity contribution in [2.75, 3.05) is 0 Å². The Labute approximate surface area is 139 Å². The number of rotatable bonds is 4. The maximum absolute atomic E-state index is 8.74. The van der Waals surface area contributed by atoms with Crippen molar-refractivity contribution in [3.8, 4) is 29.8 Å². The second kappa shape index (κ2) is 9.15. The molecular formula is C22H19N. The van der Waals surface area contributed by atoms with Gasteiger partial charge in [0.2, 0.25) is 0 Å². The van der Waals surface area contributed by atoms with E-state index in [2.05, 4.69) is 60.9 Å². The number of benzene rings is 2. The van der Waals surface area contributed by atoms with E-state index in [1.807, 2.05) is 12.1 Å². The van der Waals surface area contributed by atoms with Gasteiger partial charge in [0.1, 0.15) is 0 Å². The molecular weight excluding hydrogens is 278 g/mol. The third kappa shape index (κ3) is 5.74. The van der Waals surface area contributed by atoms with E-state index in [-0.39, 0.29) is 0 Å². The monoisotopic (exact) mass is 297 g/mol. The highest BCUT2D eigenvalue weighted by atomic mass is 14.2. The first-order valence-corrected chi connectivity index (χ1v) is 7.93. The smallest absolute Gasteiger partial charge is 0.0991 e. The van der Waals surface area contributed by atoms with Crippen LogP contribution in [0.15, 0.2) is 48.5 Å². The predicted molar refractivity (Wildman–Crippen MR) is 94.6 cm³/mol. The summed E-state index contributed by atoms with van der Waals surface area (Å²) < 4.78 is 0. The second-order valence-electron chi connectivity index (χ2n) is 5.34. The van der Waals surface area contributed by atoms with Gasteiger partial charge in [0.15, 0.2) is 0 Å². The molecule has 112 valence electrons. The van der Waals surface area contributed by atoms with Crippen molar-refractivity contribution in [3.05, 3.63) is 70.8 Å². The first-order chi connectivity index (χ1) is 11.3. The molecule has 0 fully saturated rings. The highest BCUT2D eigenvalue weighted by molar-refractivity contribution is 5.46. The van der Waals surface area contributed by atoms with Crippen LogP contribution < -0.4 is 0 Å². The molecule has 0 aliphatic rings. The molecule has 0 aliphatic heterocycles. The quantitative estimate of drug-likeness (QED) is 0.593. The molecule has 0 aliphatic carbocycles. The van der Waals surface area contributed by atoms with Gasteiger partial charge < -0.3 is 0 Å². The zero-order chi connectivity index (χ0) is 16.3. The van der Waals surface area contributed by atoms with Crippen LogP contribution in [0.4, 0.5) is 0 Å². The molecule has 0 saturated carbocycles. The highest BCUT2D eigenvalue weighted by Gasteiger charge is 1.93. The molecule has 0 bridgehead atoms. The molecule has 0 amide bonds. The summed E-state index contributed by atoms with van der Waals surface area (Å²) in [4.78, 5) is 0. The minimum absolute atomic E-state index is 0.640. The van der Waals surface area contributed by atoms with E-state index in [0.29, 0.717) is 5.56 Å². The molecule has 0 N–H and O–H groups in total. The normalized spacial score (nSPS) is 9.04. The van der Waals surface area contributed by atoms with Gasteiger partial charge in [-0.3, -0.25) is 0 Å². The van der Waals surface area contributed by atoms with Crippen LogP contribution in [-0.2, 0) is 6.42 Å². The zero-order valence-corrected chi connectivity index (χ0v) is 13.4. The van der Waals surface area contributed by atoms with Crippen molar-refractivity contribution >= 4 is 0 Å². The van der Waals surface area contributed by atoms with Gasteiger partial charge in [-0.05, 0) is 66.6 Å². The molecule has 0 aromatic heterocycles. The fourth-order valence-electron chi connectivity index (χ4n) is 2.17. The summed E-state index contributed by atoms with van der Waals surface area (Å²) in [5.41, 5.74) is 3.86. The van der Waals surface area contributed by atoms with Gasteiger partial charge in [-0.25, -0.2) is 0 Å². The number of nitriles is 1. The van der Waals surface area contributed by atoms with Crippen LogP contribution in [0.25, 0.3) is 0 Å². The van der Waals surface area contributed by atoms with Gasteiger partial charge in [0, 0.05) is 11.1 Å². The van der Waals surface area contributed by atoms with Gasteiger partial charge in [0.05, 0.1) is 11.6 Å². The van der Waals surface area contributed by atoms with Crippen LogP contribution in [0.1, 0.15) is 48.4 Å². The number of aryl methyl sites for hydroxylation is 1. The van der Waals surface area contributed by atoms with E-state index in [0.717, 1.165) is 17.5 Å². The van der Waals surface area contributed by atoms with Crippen molar-refractivity contribution in [1.29, 1.82) is 5.26 Å². The van der Waals surface area contributed by atoms with E-state index in [1.165, 1.54) is 24.8 Å². The Bertz CT molecular complexity index is 782. The lowest BCUT2D eigenvalue weighted by Gasteiger charge is -2.00. The van der Waals surface area contributed by atoms with Gasteiger partial charge in [-0.2, -0.15) is 5.26 Å². The van der Waals surface area contributed by atoms with E-state index >= 15 is 0 Å². The van der Waals surface area contributed by atoms with Gasteiger partial charge in [-0.15, -0.1) is 0 Å². The van der Waals surface area contributed by atoms with Crippen molar-refractivity contribution in [2.45, 2.75) is 32.6 Å². The highest BCUT2D eigenvalue weighted by Crippen LogP contribution is 2.08. The Morgan fingerprint density at radius 2 is 1.26 bits per heavy atom. The van der Waals surface area contributed by atoms with E-state index in [4.69, 9.17) is 5.26 Å². The van der Waals surface area contributed by atoms with Crippen LogP contribution >= 0.6 is 0 Å². The van der Waals surface area contributed by atoms with Crippen molar-refractivity contribution in [1.82, 2.24) is 0 Å². The summed E-state index contributed by atoms with van der Waals surface area (Å²) in [5.74, 6) is 11.8. The SMILES string of the molecule is CCCCCc1ccc(C#CC#Cc2ccc(C#N)cc2)cc1. The summed E-state index contributed by atoms with van der Waals surface area (Å²) in [7, 11) is 0. The summed E-state index contributed by atoms with van der Waals surface area (Å²) in [6.07, 6.45) is 4.92. The summed E-state index contributed by atoms with van der Waals surface area (Å²) in [6, 6.07) is 17.7. The number of hydrogen-bond acceptors (Lipinski definition) is 1. The fraction of sp³-hybridized carbons (Fsp3) is 0.227. The topological polar surface area (TPSA) is 23.8 Å². The molecule has 2 rings (SSSR count). The van der Waals surface area contributed by atoms with E-state index in [9.17, 15) is 0 Å². The predicted octanol–water partition coefficient (Wildman–Crippen LogP) is 4.69. The van der Waals surface area contributed by atoms with Crippen molar-refractivity contribution < 1.29 is 0 Å². The lowest BCUT2D eigenvalue weighted by molar-refractivity contribution is 0.717. The Kier molecular flexibility index (Phi) is 6.53. The molecule has 0 radical (unpaired) electrons. The van der Waals surface area contributed by atoms with Crippen molar-refractivity contribution in [3.63, 3.8) is 0 Å².